The van der Waals surface area contributed by atoms with Gasteiger partial charge in [-0.2, -0.15) is 0 Å². The molecule has 1 aliphatic carbocycles. The number of nitrogens with zero attached hydrogens (tertiary/aromatic N) is 2. The molecule has 2 aliphatic rings. The van der Waals surface area contributed by atoms with Gasteiger partial charge in [-0.05, 0) is 25.3 Å². The standard InChI is InChI=1S/C16H25N3O/c1-13-9-18-16(7-3-4-8-16)12-19(13)11-14-5-6-15(20-2)17-10-14/h5-6,10,13,18H,3-4,7-9,11-12H2,1-2H3. The van der Waals surface area contributed by atoms with Crippen molar-refractivity contribution in [1.82, 2.24) is 15.2 Å². The summed E-state index contributed by atoms with van der Waals surface area (Å²) in [6.45, 7) is 5.57. The van der Waals surface area contributed by atoms with E-state index in [2.05, 4.69) is 28.2 Å². The fourth-order valence-electron chi connectivity index (χ4n) is 3.55. The van der Waals surface area contributed by atoms with E-state index < -0.39 is 0 Å². The minimum Gasteiger partial charge on any atom is -0.481 e. The molecule has 4 heteroatoms. The molecular formula is C16H25N3O. The highest BCUT2D eigenvalue weighted by Gasteiger charge is 2.39. The van der Waals surface area contributed by atoms with E-state index in [1.807, 2.05) is 12.3 Å². The van der Waals surface area contributed by atoms with E-state index in [0.29, 0.717) is 17.5 Å². The van der Waals surface area contributed by atoms with Crippen LogP contribution < -0.4 is 10.1 Å². The zero-order valence-corrected chi connectivity index (χ0v) is 12.6. The molecule has 0 bridgehead atoms. The number of pyridine rings is 1. The first-order valence-corrected chi connectivity index (χ1v) is 7.69. The Bertz CT molecular complexity index is 440. The quantitative estimate of drug-likeness (QED) is 0.917. The molecule has 0 radical (unpaired) electrons. The van der Waals surface area contributed by atoms with Crippen molar-refractivity contribution in [2.45, 2.75) is 50.7 Å². The first-order valence-electron chi connectivity index (χ1n) is 7.69. The molecule has 2 heterocycles. The van der Waals surface area contributed by atoms with Crippen molar-refractivity contribution in [2.24, 2.45) is 0 Å². The third kappa shape index (κ3) is 2.81. The Balaban J connectivity index is 1.67. The number of aromatic nitrogens is 1. The minimum absolute atomic E-state index is 0.381. The molecule has 1 N–H and O–H groups in total. The van der Waals surface area contributed by atoms with Crippen molar-refractivity contribution >= 4 is 0 Å². The van der Waals surface area contributed by atoms with E-state index in [1.165, 1.54) is 37.8 Å². The summed E-state index contributed by atoms with van der Waals surface area (Å²) in [6.07, 6.45) is 7.35. The summed E-state index contributed by atoms with van der Waals surface area (Å²) < 4.78 is 5.12. The van der Waals surface area contributed by atoms with Gasteiger partial charge in [0.2, 0.25) is 5.88 Å². The van der Waals surface area contributed by atoms with Crippen LogP contribution in [0.4, 0.5) is 0 Å². The normalized spacial score (nSPS) is 26.0. The van der Waals surface area contributed by atoms with Crippen molar-refractivity contribution in [3.8, 4) is 5.88 Å². The highest BCUT2D eigenvalue weighted by atomic mass is 16.5. The van der Waals surface area contributed by atoms with Gasteiger partial charge < -0.3 is 10.1 Å². The molecule has 3 rings (SSSR count). The van der Waals surface area contributed by atoms with Gasteiger partial charge in [0.25, 0.3) is 0 Å². The summed E-state index contributed by atoms with van der Waals surface area (Å²) >= 11 is 0. The second kappa shape index (κ2) is 5.70. The maximum atomic E-state index is 5.12. The Hall–Kier alpha value is -1.13. The molecular weight excluding hydrogens is 250 g/mol. The van der Waals surface area contributed by atoms with Gasteiger partial charge in [0.1, 0.15) is 0 Å². The van der Waals surface area contributed by atoms with Crippen LogP contribution in [0.25, 0.3) is 0 Å². The lowest BCUT2D eigenvalue weighted by Crippen LogP contribution is -2.62. The summed E-state index contributed by atoms with van der Waals surface area (Å²) in [5, 5.41) is 3.80. The van der Waals surface area contributed by atoms with Gasteiger partial charge in [-0.25, -0.2) is 4.98 Å². The Kier molecular flexibility index (Phi) is 3.94. The van der Waals surface area contributed by atoms with Crippen LogP contribution in [-0.2, 0) is 6.54 Å². The van der Waals surface area contributed by atoms with Crippen LogP contribution in [0.15, 0.2) is 18.3 Å². The van der Waals surface area contributed by atoms with Crippen molar-refractivity contribution < 1.29 is 4.74 Å². The summed E-state index contributed by atoms with van der Waals surface area (Å²) in [5.74, 6) is 0.689. The molecule has 20 heavy (non-hydrogen) atoms. The molecule has 4 nitrogen and oxygen atoms in total. The van der Waals surface area contributed by atoms with Gasteiger partial charge in [-0.3, -0.25) is 4.90 Å². The van der Waals surface area contributed by atoms with E-state index in [-0.39, 0.29) is 0 Å². The van der Waals surface area contributed by atoms with Gasteiger partial charge in [0.05, 0.1) is 7.11 Å². The number of ether oxygens (including phenoxy) is 1. The molecule has 0 amide bonds. The number of hydrogen-bond acceptors (Lipinski definition) is 4. The molecule has 1 saturated carbocycles. The molecule has 1 aliphatic heterocycles. The lowest BCUT2D eigenvalue weighted by molar-refractivity contribution is 0.0825. The largest absolute Gasteiger partial charge is 0.481 e. The average molecular weight is 275 g/mol. The predicted octanol–water partition coefficient (Wildman–Crippen LogP) is 2.20. The third-order valence-corrected chi connectivity index (χ3v) is 4.85. The predicted molar refractivity (Wildman–Crippen MR) is 79.9 cm³/mol. The van der Waals surface area contributed by atoms with Gasteiger partial charge in [-0.1, -0.05) is 18.9 Å². The van der Waals surface area contributed by atoms with Gasteiger partial charge >= 0.3 is 0 Å². The first kappa shape index (κ1) is 13.8. The monoisotopic (exact) mass is 275 g/mol. The van der Waals surface area contributed by atoms with Crippen molar-refractivity contribution in [3.63, 3.8) is 0 Å². The van der Waals surface area contributed by atoms with Crippen LogP contribution in [0.5, 0.6) is 5.88 Å². The van der Waals surface area contributed by atoms with E-state index in [0.717, 1.165) is 13.1 Å². The topological polar surface area (TPSA) is 37.4 Å². The van der Waals surface area contributed by atoms with Crippen molar-refractivity contribution in [1.29, 1.82) is 0 Å². The fraction of sp³-hybridized carbons (Fsp3) is 0.688. The zero-order valence-electron chi connectivity index (χ0n) is 12.6. The molecule has 1 unspecified atom stereocenters. The molecule has 1 aromatic heterocycles. The Morgan fingerprint density at radius 1 is 1.40 bits per heavy atom. The maximum Gasteiger partial charge on any atom is 0.212 e. The Morgan fingerprint density at radius 3 is 2.85 bits per heavy atom. The number of rotatable bonds is 3. The van der Waals surface area contributed by atoms with Gasteiger partial charge in [0.15, 0.2) is 0 Å². The van der Waals surface area contributed by atoms with Gasteiger partial charge in [0, 0.05) is 43.5 Å². The molecule has 0 aromatic carbocycles. The average Bonchev–Trinajstić information content (AvgIpc) is 2.92. The highest BCUT2D eigenvalue weighted by molar-refractivity contribution is 5.18. The van der Waals surface area contributed by atoms with E-state index in [9.17, 15) is 0 Å². The van der Waals surface area contributed by atoms with Crippen LogP contribution in [-0.4, -0.2) is 41.7 Å². The summed E-state index contributed by atoms with van der Waals surface area (Å²) in [6, 6.07) is 4.67. The van der Waals surface area contributed by atoms with Crippen LogP contribution in [0.2, 0.25) is 0 Å². The SMILES string of the molecule is COc1ccc(CN2CC3(CCCC3)NCC2C)cn1. The Morgan fingerprint density at radius 2 is 2.20 bits per heavy atom. The molecule has 1 saturated heterocycles. The van der Waals surface area contributed by atoms with Crippen LogP contribution in [0.3, 0.4) is 0 Å². The molecule has 1 atom stereocenters. The lowest BCUT2D eigenvalue weighted by Gasteiger charge is -2.45. The second-order valence-corrected chi connectivity index (χ2v) is 6.33. The summed E-state index contributed by atoms with van der Waals surface area (Å²) in [4.78, 5) is 6.91. The van der Waals surface area contributed by atoms with E-state index in [1.54, 1.807) is 7.11 Å². The smallest absolute Gasteiger partial charge is 0.212 e. The summed E-state index contributed by atoms with van der Waals surface area (Å²) in [7, 11) is 1.66. The number of nitrogens with one attached hydrogen (secondary N) is 1. The Labute approximate surface area is 121 Å². The first-order chi connectivity index (χ1) is 9.71. The van der Waals surface area contributed by atoms with Crippen LogP contribution in [0.1, 0.15) is 38.2 Å². The minimum atomic E-state index is 0.381. The number of piperazine rings is 1. The van der Waals surface area contributed by atoms with E-state index >= 15 is 0 Å². The number of hydrogen-bond donors (Lipinski definition) is 1. The van der Waals surface area contributed by atoms with Crippen molar-refractivity contribution in [3.05, 3.63) is 23.9 Å². The molecule has 1 spiro atoms. The lowest BCUT2D eigenvalue weighted by atomic mass is 9.92. The second-order valence-electron chi connectivity index (χ2n) is 6.33. The van der Waals surface area contributed by atoms with E-state index in [4.69, 9.17) is 4.74 Å². The maximum absolute atomic E-state index is 5.12. The summed E-state index contributed by atoms with van der Waals surface area (Å²) in [5.41, 5.74) is 1.65. The molecule has 110 valence electrons. The van der Waals surface area contributed by atoms with Crippen LogP contribution >= 0.6 is 0 Å². The van der Waals surface area contributed by atoms with Gasteiger partial charge in [-0.15, -0.1) is 0 Å². The zero-order chi connectivity index (χ0) is 14.0. The molecule has 2 fully saturated rings. The van der Waals surface area contributed by atoms with Crippen LogP contribution in [0, 0.1) is 0 Å². The fourth-order valence-corrected chi connectivity index (χ4v) is 3.55. The third-order valence-electron chi connectivity index (χ3n) is 4.85. The number of methoxy groups -OCH3 is 1. The van der Waals surface area contributed by atoms with Crippen molar-refractivity contribution in [2.75, 3.05) is 20.2 Å². The molecule has 1 aromatic rings. The highest BCUT2D eigenvalue weighted by Crippen LogP contribution is 2.33.